The number of carbonyl (C=O) groups excluding carboxylic acids is 1. The summed E-state index contributed by atoms with van der Waals surface area (Å²) < 4.78 is 15.7. The van der Waals surface area contributed by atoms with Crippen LogP contribution in [0.2, 0.25) is 0 Å². The first-order valence-corrected chi connectivity index (χ1v) is 7.23. The minimum atomic E-state index is 0.0249. The zero-order valence-electron chi connectivity index (χ0n) is 12.9. The second-order valence-electron chi connectivity index (χ2n) is 4.87. The maximum atomic E-state index is 11.8. The van der Waals surface area contributed by atoms with Gasteiger partial charge in [0.25, 0.3) is 0 Å². The van der Waals surface area contributed by atoms with Gasteiger partial charge in [-0.1, -0.05) is 6.07 Å². The molecule has 0 saturated heterocycles. The summed E-state index contributed by atoms with van der Waals surface area (Å²) in [5.74, 6) is 2.25. The molecule has 1 aromatic carbocycles. The highest BCUT2D eigenvalue weighted by Gasteiger charge is 2.06. The first-order chi connectivity index (χ1) is 10.7. The molecule has 0 aliphatic rings. The topological polar surface area (TPSA) is 60.7 Å². The molecule has 1 aromatic heterocycles. The van der Waals surface area contributed by atoms with Crippen LogP contribution >= 0.6 is 0 Å². The Kier molecular flexibility index (Phi) is 5.89. The number of ether oxygens (including phenoxy) is 2. The third-order valence-corrected chi connectivity index (χ3v) is 3.36. The molecule has 1 N–H and O–H groups in total. The Morgan fingerprint density at radius 1 is 1.14 bits per heavy atom. The van der Waals surface area contributed by atoms with E-state index in [2.05, 4.69) is 5.32 Å². The molecule has 22 heavy (non-hydrogen) atoms. The molecular weight excluding hydrogens is 282 g/mol. The van der Waals surface area contributed by atoms with Crippen molar-refractivity contribution in [3.8, 4) is 11.5 Å². The smallest absolute Gasteiger partial charge is 0.220 e. The summed E-state index contributed by atoms with van der Waals surface area (Å²) in [6.45, 7) is 0.590. The van der Waals surface area contributed by atoms with Gasteiger partial charge >= 0.3 is 0 Å². The van der Waals surface area contributed by atoms with Crippen molar-refractivity contribution in [3.05, 3.63) is 47.9 Å². The van der Waals surface area contributed by atoms with Gasteiger partial charge in [-0.25, -0.2) is 0 Å². The van der Waals surface area contributed by atoms with Gasteiger partial charge in [-0.05, 0) is 36.2 Å². The van der Waals surface area contributed by atoms with Crippen LogP contribution < -0.4 is 14.8 Å². The van der Waals surface area contributed by atoms with Gasteiger partial charge in [0.2, 0.25) is 5.91 Å². The minimum Gasteiger partial charge on any atom is -0.493 e. The summed E-state index contributed by atoms with van der Waals surface area (Å²) in [5, 5.41) is 2.91. The summed E-state index contributed by atoms with van der Waals surface area (Å²) in [4.78, 5) is 11.8. The number of rotatable bonds is 8. The molecule has 0 bridgehead atoms. The maximum absolute atomic E-state index is 11.8. The highest BCUT2D eigenvalue weighted by Crippen LogP contribution is 2.27. The number of methoxy groups -OCH3 is 2. The molecule has 0 aliphatic heterocycles. The van der Waals surface area contributed by atoms with E-state index in [9.17, 15) is 4.79 Å². The number of hydrogen-bond donors (Lipinski definition) is 1. The summed E-state index contributed by atoms with van der Waals surface area (Å²) in [7, 11) is 3.22. The van der Waals surface area contributed by atoms with Crippen LogP contribution in [0.25, 0.3) is 0 Å². The van der Waals surface area contributed by atoms with Crippen molar-refractivity contribution in [2.24, 2.45) is 0 Å². The van der Waals surface area contributed by atoms with Crippen molar-refractivity contribution in [2.75, 3.05) is 20.8 Å². The number of nitrogens with one attached hydrogen (secondary N) is 1. The summed E-state index contributed by atoms with van der Waals surface area (Å²) in [6.07, 6.45) is 3.41. The van der Waals surface area contributed by atoms with Crippen molar-refractivity contribution in [3.63, 3.8) is 0 Å². The predicted octanol–water partition coefficient (Wildman–Crippen LogP) is 2.59. The van der Waals surface area contributed by atoms with Crippen LogP contribution in [0.3, 0.4) is 0 Å². The fourth-order valence-corrected chi connectivity index (χ4v) is 2.16. The average molecular weight is 303 g/mol. The quantitative estimate of drug-likeness (QED) is 0.814. The Balaban J connectivity index is 1.74. The van der Waals surface area contributed by atoms with Crippen LogP contribution in [0, 0.1) is 0 Å². The minimum absolute atomic E-state index is 0.0249. The lowest BCUT2D eigenvalue weighted by atomic mass is 10.1. The molecule has 0 radical (unpaired) electrons. The van der Waals surface area contributed by atoms with Crippen LogP contribution in [0.15, 0.2) is 41.0 Å². The molecule has 0 spiro atoms. The molecule has 0 saturated carbocycles. The van der Waals surface area contributed by atoms with E-state index >= 15 is 0 Å². The van der Waals surface area contributed by atoms with Crippen molar-refractivity contribution < 1.29 is 18.7 Å². The fourth-order valence-electron chi connectivity index (χ4n) is 2.16. The van der Waals surface area contributed by atoms with Crippen LogP contribution in [0.5, 0.6) is 11.5 Å². The Morgan fingerprint density at radius 3 is 2.64 bits per heavy atom. The van der Waals surface area contributed by atoms with Crippen LogP contribution in [0.1, 0.15) is 17.7 Å². The van der Waals surface area contributed by atoms with Gasteiger partial charge < -0.3 is 19.2 Å². The van der Waals surface area contributed by atoms with Gasteiger partial charge in [-0.15, -0.1) is 0 Å². The summed E-state index contributed by atoms with van der Waals surface area (Å²) in [6, 6.07) is 9.46. The molecule has 118 valence electrons. The van der Waals surface area contributed by atoms with E-state index in [1.807, 2.05) is 30.3 Å². The zero-order valence-corrected chi connectivity index (χ0v) is 12.9. The number of aryl methyl sites for hydroxylation is 1. The van der Waals surface area contributed by atoms with E-state index in [-0.39, 0.29) is 5.91 Å². The lowest BCUT2D eigenvalue weighted by Gasteiger charge is -2.10. The van der Waals surface area contributed by atoms with Gasteiger partial charge in [0.1, 0.15) is 5.76 Å². The Morgan fingerprint density at radius 2 is 1.95 bits per heavy atom. The third-order valence-electron chi connectivity index (χ3n) is 3.36. The van der Waals surface area contributed by atoms with Crippen LogP contribution in [-0.2, 0) is 17.6 Å². The van der Waals surface area contributed by atoms with E-state index in [1.54, 1.807) is 20.5 Å². The first kappa shape index (κ1) is 15.9. The van der Waals surface area contributed by atoms with Crippen molar-refractivity contribution in [2.45, 2.75) is 19.3 Å². The van der Waals surface area contributed by atoms with Crippen molar-refractivity contribution in [1.82, 2.24) is 5.32 Å². The lowest BCUT2D eigenvalue weighted by molar-refractivity contribution is -0.121. The third kappa shape index (κ3) is 4.55. The number of furan rings is 1. The Bertz CT molecular complexity index is 593. The van der Waals surface area contributed by atoms with Crippen LogP contribution in [0.4, 0.5) is 0 Å². The van der Waals surface area contributed by atoms with Crippen LogP contribution in [-0.4, -0.2) is 26.7 Å². The molecule has 5 nitrogen and oxygen atoms in total. The van der Waals surface area contributed by atoms with Gasteiger partial charge in [0.05, 0.1) is 20.5 Å². The largest absolute Gasteiger partial charge is 0.493 e. The van der Waals surface area contributed by atoms with Crippen molar-refractivity contribution >= 4 is 5.91 Å². The number of hydrogen-bond acceptors (Lipinski definition) is 4. The number of benzene rings is 1. The molecule has 5 heteroatoms. The van der Waals surface area contributed by atoms with Crippen molar-refractivity contribution in [1.29, 1.82) is 0 Å². The number of carbonyl (C=O) groups is 1. The van der Waals surface area contributed by atoms with Gasteiger partial charge in [0, 0.05) is 19.4 Å². The standard InChI is InChI=1S/C17H21NO4/c1-20-15-7-5-13(12-16(15)21-2)9-10-18-17(19)8-6-14-4-3-11-22-14/h3-5,7,11-12H,6,8-10H2,1-2H3,(H,18,19). The fraction of sp³-hybridized carbons (Fsp3) is 0.353. The lowest BCUT2D eigenvalue weighted by Crippen LogP contribution is -2.25. The average Bonchev–Trinajstić information content (AvgIpc) is 3.06. The monoisotopic (exact) mass is 303 g/mol. The molecule has 2 aromatic rings. The molecular formula is C17H21NO4. The SMILES string of the molecule is COc1ccc(CCNC(=O)CCc2ccco2)cc1OC. The normalized spacial score (nSPS) is 10.3. The highest BCUT2D eigenvalue weighted by molar-refractivity contribution is 5.76. The van der Waals surface area contributed by atoms with Gasteiger partial charge in [-0.3, -0.25) is 4.79 Å². The van der Waals surface area contributed by atoms with Gasteiger partial charge in [-0.2, -0.15) is 0 Å². The molecule has 1 heterocycles. The molecule has 0 unspecified atom stereocenters. The van der Waals surface area contributed by atoms with Gasteiger partial charge in [0.15, 0.2) is 11.5 Å². The number of amides is 1. The molecule has 0 fully saturated rings. The second-order valence-corrected chi connectivity index (χ2v) is 4.87. The molecule has 1 amide bonds. The van der Waals surface area contributed by atoms with E-state index in [1.165, 1.54) is 0 Å². The predicted molar refractivity (Wildman–Crippen MR) is 83.3 cm³/mol. The molecule has 0 atom stereocenters. The first-order valence-electron chi connectivity index (χ1n) is 7.23. The summed E-state index contributed by atoms with van der Waals surface area (Å²) >= 11 is 0. The van der Waals surface area contributed by atoms with E-state index in [4.69, 9.17) is 13.9 Å². The zero-order chi connectivity index (χ0) is 15.8. The van der Waals surface area contributed by atoms with E-state index < -0.39 is 0 Å². The second kappa shape index (κ2) is 8.12. The Labute approximate surface area is 130 Å². The summed E-state index contributed by atoms with van der Waals surface area (Å²) in [5.41, 5.74) is 1.09. The molecule has 0 aliphatic carbocycles. The maximum Gasteiger partial charge on any atom is 0.220 e. The highest BCUT2D eigenvalue weighted by atomic mass is 16.5. The Hall–Kier alpha value is -2.43. The van der Waals surface area contributed by atoms with E-state index in [0.717, 1.165) is 17.7 Å². The molecule has 2 rings (SSSR count). The van der Waals surface area contributed by atoms with E-state index in [0.29, 0.717) is 30.9 Å².